The van der Waals surface area contributed by atoms with E-state index in [1.165, 1.54) is 0 Å². The lowest BCUT2D eigenvalue weighted by Crippen LogP contribution is -2.40. The molecule has 6 nitrogen and oxygen atoms in total. The number of nitrogens with zero attached hydrogens (tertiary/aromatic N) is 2. The second-order valence-corrected chi connectivity index (χ2v) is 8.59. The third kappa shape index (κ3) is 3.56. The van der Waals surface area contributed by atoms with Crippen LogP contribution in [0.15, 0.2) is 23.1 Å². The summed E-state index contributed by atoms with van der Waals surface area (Å²) in [7, 11) is -1.65. The Kier molecular flexibility index (Phi) is 6.14. The Morgan fingerprint density at radius 2 is 2.08 bits per heavy atom. The van der Waals surface area contributed by atoms with Crippen LogP contribution in [-0.4, -0.2) is 50.9 Å². The van der Waals surface area contributed by atoms with Gasteiger partial charge in [0.25, 0.3) is 0 Å². The van der Waals surface area contributed by atoms with Gasteiger partial charge in [0.2, 0.25) is 15.9 Å². The number of anilines is 1. The second kappa shape index (κ2) is 7.61. The van der Waals surface area contributed by atoms with Gasteiger partial charge in [-0.1, -0.05) is 0 Å². The van der Waals surface area contributed by atoms with Crippen molar-refractivity contribution < 1.29 is 13.2 Å². The third-order valence-electron chi connectivity index (χ3n) is 4.98. The maximum absolute atomic E-state index is 13.0. The van der Waals surface area contributed by atoms with E-state index in [9.17, 15) is 13.2 Å². The molecular weight excluding hydrogens is 362 g/mol. The van der Waals surface area contributed by atoms with Gasteiger partial charge in [0, 0.05) is 37.8 Å². The summed E-state index contributed by atoms with van der Waals surface area (Å²) in [5.41, 5.74) is 1.77. The Bertz CT molecular complexity index is 754. The van der Waals surface area contributed by atoms with Gasteiger partial charge in [0.1, 0.15) is 0 Å². The number of likely N-dealkylation sites (N-methyl/N-ethyl adjacent to an activating group) is 1. The summed E-state index contributed by atoms with van der Waals surface area (Å²) in [5, 5.41) is 3.08. The first-order chi connectivity index (χ1) is 11.4. The highest BCUT2D eigenvalue weighted by atomic mass is 35.5. The lowest BCUT2D eigenvalue weighted by molar-refractivity contribution is -0.116. The molecule has 0 aliphatic carbocycles. The molecule has 1 aromatic carbocycles. The van der Waals surface area contributed by atoms with Crippen LogP contribution in [0.2, 0.25) is 0 Å². The highest BCUT2D eigenvalue weighted by Crippen LogP contribution is 2.35. The fourth-order valence-corrected chi connectivity index (χ4v) is 5.69. The number of carbonyl (C=O) groups is 1. The number of hydrogen-bond acceptors (Lipinski definition) is 4. The van der Waals surface area contributed by atoms with Crippen LogP contribution in [-0.2, 0) is 21.2 Å². The van der Waals surface area contributed by atoms with Gasteiger partial charge in [-0.2, -0.15) is 4.31 Å². The maximum atomic E-state index is 13.0. The van der Waals surface area contributed by atoms with E-state index in [1.807, 2.05) is 14.0 Å². The van der Waals surface area contributed by atoms with Crippen LogP contribution in [0.1, 0.15) is 32.3 Å². The summed E-state index contributed by atoms with van der Waals surface area (Å²) in [6, 6.07) is 5.24. The standard InChI is InChI=1S/C17H25N3O3S.ClH/c1-12-9-14-10-16(6-7-17(14)20(12)13(2)21)24(22,23)19-8-4-5-15(19)11-18-3;/h6-7,10,12,15,18H,4-5,8-9,11H2,1-3H3;1H. The molecule has 2 unspecified atom stereocenters. The molecule has 1 amide bonds. The summed E-state index contributed by atoms with van der Waals surface area (Å²) >= 11 is 0. The fraction of sp³-hybridized carbons (Fsp3) is 0.588. The van der Waals surface area contributed by atoms with E-state index in [0.29, 0.717) is 24.4 Å². The Morgan fingerprint density at radius 3 is 2.72 bits per heavy atom. The minimum absolute atomic E-state index is 0. The first-order valence-corrected chi connectivity index (χ1v) is 9.89. The van der Waals surface area contributed by atoms with Crippen LogP contribution >= 0.6 is 12.4 Å². The van der Waals surface area contributed by atoms with Crippen molar-refractivity contribution in [1.82, 2.24) is 9.62 Å². The number of fused-ring (bicyclic) bond motifs is 1. The van der Waals surface area contributed by atoms with Crippen molar-refractivity contribution in [2.45, 2.75) is 50.1 Å². The van der Waals surface area contributed by atoms with Crippen molar-refractivity contribution in [2.24, 2.45) is 0 Å². The van der Waals surface area contributed by atoms with Crippen LogP contribution < -0.4 is 10.2 Å². The summed E-state index contributed by atoms with van der Waals surface area (Å²) < 4.78 is 27.7. The summed E-state index contributed by atoms with van der Waals surface area (Å²) in [6.45, 7) is 4.77. The van der Waals surface area contributed by atoms with E-state index in [2.05, 4.69) is 5.32 Å². The van der Waals surface area contributed by atoms with Gasteiger partial charge < -0.3 is 10.2 Å². The molecule has 0 radical (unpaired) electrons. The maximum Gasteiger partial charge on any atom is 0.243 e. The summed E-state index contributed by atoms with van der Waals surface area (Å²) in [5.74, 6) is -0.00881. The fourth-order valence-electron chi connectivity index (χ4n) is 3.95. The lowest BCUT2D eigenvalue weighted by atomic mass is 10.1. The number of benzene rings is 1. The van der Waals surface area contributed by atoms with Gasteiger partial charge in [-0.15, -0.1) is 12.4 Å². The zero-order chi connectivity index (χ0) is 17.5. The molecule has 2 heterocycles. The normalized spacial score (nSPS) is 23.4. The minimum Gasteiger partial charge on any atom is -0.318 e. The number of rotatable bonds is 4. The molecule has 2 aliphatic heterocycles. The van der Waals surface area contributed by atoms with Crippen molar-refractivity contribution in [3.8, 4) is 0 Å². The summed E-state index contributed by atoms with van der Waals surface area (Å²) in [4.78, 5) is 13.9. The molecule has 1 aromatic rings. The zero-order valence-electron chi connectivity index (χ0n) is 14.9. The van der Waals surface area contributed by atoms with Crippen LogP contribution in [0.5, 0.6) is 0 Å². The van der Waals surface area contributed by atoms with E-state index in [1.54, 1.807) is 34.3 Å². The first kappa shape index (κ1) is 20.2. The van der Waals surface area contributed by atoms with Crippen molar-refractivity contribution >= 4 is 34.0 Å². The molecule has 0 bridgehead atoms. The number of amides is 1. The van der Waals surface area contributed by atoms with Crippen molar-refractivity contribution in [3.05, 3.63) is 23.8 Å². The molecule has 1 saturated heterocycles. The van der Waals surface area contributed by atoms with E-state index in [4.69, 9.17) is 0 Å². The van der Waals surface area contributed by atoms with Crippen LogP contribution in [0.4, 0.5) is 5.69 Å². The Morgan fingerprint density at radius 1 is 1.36 bits per heavy atom. The van der Waals surface area contributed by atoms with Gasteiger partial charge in [0.05, 0.1) is 4.90 Å². The van der Waals surface area contributed by atoms with Crippen molar-refractivity contribution in [1.29, 1.82) is 0 Å². The van der Waals surface area contributed by atoms with Crippen molar-refractivity contribution in [2.75, 3.05) is 25.0 Å². The zero-order valence-corrected chi connectivity index (χ0v) is 16.5. The van der Waals surface area contributed by atoms with Crippen LogP contribution in [0.3, 0.4) is 0 Å². The van der Waals surface area contributed by atoms with Gasteiger partial charge in [0.15, 0.2) is 0 Å². The predicted molar refractivity (Wildman–Crippen MR) is 101 cm³/mol. The highest BCUT2D eigenvalue weighted by Gasteiger charge is 2.36. The quantitative estimate of drug-likeness (QED) is 0.854. The average Bonchev–Trinajstić information content (AvgIpc) is 3.10. The monoisotopic (exact) mass is 387 g/mol. The predicted octanol–water partition coefficient (Wildman–Crippen LogP) is 1.78. The SMILES string of the molecule is CNCC1CCCN1S(=O)(=O)c1ccc2c(c1)CC(C)N2C(C)=O.Cl. The minimum atomic E-state index is -3.50. The third-order valence-corrected chi connectivity index (χ3v) is 6.92. The Labute approximate surface area is 156 Å². The molecule has 1 fully saturated rings. The topological polar surface area (TPSA) is 69.7 Å². The van der Waals surface area contributed by atoms with Gasteiger partial charge >= 0.3 is 0 Å². The lowest BCUT2D eigenvalue weighted by Gasteiger charge is -2.24. The van der Waals surface area contributed by atoms with Gasteiger partial charge in [-0.3, -0.25) is 4.79 Å². The molecule has 0 aromatic heterocycles. The molecular formula is C17H26ClN3O3S. The molecule has 2 aliphatic rings. The van der Waals surface area contributed by atoms with E-state index < -0.39 is 10.0 Å². The Hall–Kier alpha value is -1.15. The second-order valence-electron chi connectivity index (χ2n) is 6.70. The smallest absolute Gasteiger partial charge is 0.243 e. The molecule has 140 valence electrons. The molecule has 0 spiro atoms. The Balaban J connectivity index is 0.00000225. The molecule has 3 rings (SSSR count). The summed E-state index contributed by atoms with van der Waals surface area (Å²) in [6.07, 6.45) is 2.48. The number of nitrogens with one attached hydrogen (secondary N) is 1. The van der Waals surface area contributed by atoms with Crippen LogP contribution in [0.25, 0.3) is 0 Å². The first-order valence-electron chi connectivity index (χ1n) is 8.45. The molecule has 0 saturated carbocycles. The molecule has 1 N–H and O–H groups in total. The number of halogens is 1. The number of carbonyl (C=O) groups excluding carboxylic acids is 1. The molecule has 2 atom stereocenters. The van der Waals surface area contributed by atoms with E-state index in [-0.39, 0.29) is 30.4 Å². The van der Waals surface area contributed by atoms with E-state index >= 15 is 0 Å². The highest BCUT2D eigenvalue weighted by molar-refractivity contribution is 7.89. The van der Waals surface area contributed by atoms with Gasteiger partial charge in [-0.05, 0) is 57.0 Å². The van der Waals surface area contributed by atoms with Crippen LogP contribution in [0, 0.1) is 0 Å². The number of sulfonamides is 1. The molecule has 25 heavy (non-hydrogen) atoms. The number of hydrogen-bond donors (Lipinski definition) is 1. The van der Waals surface area contributed by atoms with E-state index in [0.717, 1.165) is 24.1 Å². The van der Waals surface area contributed by atoms with Crippen molar-refractivity contribution in [3.63, 3.8) is 0 Å². The largest absolute Gasteiger partial charge is 0.318 e. The average molecular weight is 388 g/mol. The molecule has 8 heteroatoms. The van der Waals surface area contributed by atoms with Gasteiger partial charge in [-0.25, -0.2) is 8.42 Å².